The molecule has 1 aliphatic heterocycles. The molecule has 0 bridgehead atoms. The fourth-order valence-electron chi connectivity index (χ4n) is 4.80. The van der Waals surface area contributed by atoms with E-state index >= 15 is 0 Å². The van der Waals surface area contributed by atoms with Crippen LogP contribution in [0.3, 0.4) is 0 Å². The van der Waals surface area contributed by atoms with Crippen molar-refractivity contribution >= 4 is 28.1 Å². The third-order valence-electron chi connectivity index (χ3n) is 6.74. The van der Waals surface area contributed by atoms with Crippen molar-refractivity contribution in [3.63, 3.8) is 0 Å². The minimum Gasteiger partial charge on any atom is -0.355 e. The molecule has 1 saturated heterocycles. The standard InChI is InChI=1S/C25H33N3O4S/c1-17-10-11-18(2)20(15-17)12-13-23-24(19(3)27-32-23)33(30,31)28-14-6-7-21(16-28)25(29)26-22-8-4-5-9-22/h10-13,15,21-22H,4-9,14,16H2,1-3H3,(H,26,29)/b13-12+. The molecule has 2 aliphatic rings. The average Bonchev–Trinajstić information content (AvgIpc) is 3.44. The van der Waals surface area contributed by atoms with Crippen molar-refractivity contribution in [3.05, 3.63) is 46.3 Å². The molecule has 33 heavy (non-hydrogen) atoms. The summed E-state index contributed by atoms with van der Waals surface area (Å²) in [5, 5.41) is 7.07. The van der Waals surface area contributed by atoms with E-state index in [4.69, 9.17) is 4.52 Å². The van der Waals surface area contributed by atoms with Gasteiger partial charge in [0.25, 0.3) is 0 Å². The van der Waals surface area contributed by atoms with Gasteiger partial charge in [-0.25, -0.2) is 8.42 Å². The van der Waals surface area contributed by atoms with E-state index in [-0.39, 0.29) is 35.1 Å². The van der Waals surface area contributed by atoms with Gasteiger partial charge < -0.3 is 9.84 Å². The topological polar surface area (TPSA) is 92.5 Å². The van der Waals surface area contributed by atoms with E-state index < -0.39 is 10.0 Å². The Balaban J connectivity index is 1.54. The van der Waals surface area contributed by atoms with Crippen LogP contribution in [0.25, 0.3) is 12.2 Å². The van der Waals surface area contributed by atoms with E-state index in [0.717, 1.165) is 42.4 Å². The third-order valence-corrected chi connectivity index (χ3v) is 8.76. The van der Waals surface area contributed by atoms with Crippen LogP contribution >= 0.6 is 0 Å². The molecule has 8 heteroatoms. The van der Waals surface area contributed by atoms with Crippen molar-refractivity contribution in [2.45, 2.75) is 70.2 Å². The summed E-state index contributed by atoms with van der Waals surface area (Å²) >= 11 is 0. The lowest BCUT2D eigenvalue weighted by Crippen LogP contribution is -2.47. The van der Waals surface area contributed by atoms with Crippen LogP contribution in [0.5, 0.6) is 0 Å². The van der Waals surface area contributed by atoms with Crippen molar-refractivity contribution in [1.82, 2.24) is 14.8 Å². The first-order chi connectivity index (χ1) is 15.8. The molecule has 1 aromatic heterocycles. The second-order valence-corrected chi connectivity index (χ2v) is 11.2. The summed E-state index contributed by atoms with van der Waals surface area (Å²) in [6.07, 6.45) is 9.18. The lowest BCUT2D eigenvalue weighted by molar-refractivity contribution is -0.126. The Kier molecular flexibility index (Phi) is 7.05. The Hall–Kier alpha value is -2.45. The summed E-state index contributed by atoms with van der Waals surface area (Å²) < 4.78 is 34.0. The number of nitrogens with zero attached hydrogens (tertiary/aromatic N) is 2. The van der Waals surface area contributed by atoms with Crippen molar-refractivity contribution in [2.24, 2.45) is 5.92 Å². The molecule has 4 rings (SSSR count). The van der Waals surface area contributed by atoms with Gasteiger partial charge in [0.05, 0.1) is 5.92 Å². The summed E-state index contributed by atoms with van der Waals surface area (Å²) in [6, 6.07) is 6.34. The Morgan fingerprint density at radius 2 is 1.88 bits per heavy atom. The van der Waals surface area contributed by atoms with E-state index in [1.54, 1.807) is 13.0 Å². The first-order valence-corrected chi connectivity index (χ1v) is 13.2. The first-order valence-electron chi connectivity index (χ1n) is 11.8. The predicted molar refractivity (Wildman–Crippen MR) is 128 cm³/mol. The lowest BCUT2D eigenvalue weighted by Gasteiger charge is -2.31. The van der Waals surface area contributed by atoms with Gasteiger partial charge in [0.1, 0.15) is 5.69 Å². The minimum atomic E-state index is -3.85. The number of nitrogens with one attached hydrogen (secondary N) is 1. The Bertz CT molecular complexity index is 1150. The number of hydrogen-bond donors (Lipinski definition) is 1. The van der Waals surface area contributed by atoms with Crippen LogP contribution in [0.4, 0.5) is 0 Å². The maximum Gasteiger partial charge on any atom is 0.248 e. The summed E-state index contributed by atoms with van der Waals surface area (Å²) in [4.78, 5) is 12.9. The predicted octanol–water partition coefficient (Wildman–Crippen LogP) is 4.23. The molecule has 1 unspecified atom stereocenters. The first kappa shape index (κ1) is 23.7. The number of amides is 1. The Labute approximate surface area is 196 Å². The molecule has 0 radical (unpaired) electrons. The summed E-state index contributed by atoms with van der Waals surface area (Å²) in [7, 11) is -3.85. The third kappa shape index (κ3) is 5.22. The molecule has 0 spiro atoms. The molecule has 2 aromatic rings. The lowest BCUT2D eigenvalue weighted by atomic mass is 9.98. The average molecular weight is 472 g/mol. The second kappa shape index (κ2) is 9.81. The van der Waals surface area contributed by atoms with Crippen molar-refractivity contribution in [3.8, 4) is 0 Å². The second-order valence-electron chi connectivity index (χ2n) is 9.35. The number of hydrogen-bond acceptors (Lipinski definition) is 5. The van der Waals surface area contributed by atoms with Gasteiger partial charge in [0.15, 0.2) is 10.7 Å². The van der Waals surface area contributed by atoms with E-state index in [1.165, 1.54) is 4.31 Å². The number of sulfonamides is 1. The van der Waals surface area contributed by atoms with Crippen LogP contribution in [-0.4, -0.2) is 42.9 Å². The van der Waals surface area contributed by atoms with Gasteiger partial charge in [-0.3, -0.25) is 4.79 Å². The van der Waals surface area contributed by atoms with Gasteiger partial charge in [-0.15, -0.1) is 0 Å². The van der Waals surface area contributed by atoms with E-state index in [9.17, 15) is 13.2 Å². The molecular weight excluding hydrogens is 438 g/mol. The molecule has 1 aromatic carbocycles. The molecule has 1 aliphatic carbocycles. The molecule has 1 atom stereocenters. The zero-order chi connectivity index (χ0) is 23.6. The number of aromatic nitrogens is 1. The molecule has 2 fully saturated rings. The highest BCUT2D eigenvalue weighted by atomic mass is 32.2. The maximum absolute atomic E-state index is 13.6. The van der Waals surface area contributed by atoms with E-state index in [2.05, 4.69) is 10.5 Å². The minimum absolute atomic E-state index is 0.0288. The quantitative estimate of drug-likeness (QED) is 0.681. The van der Waals surface area contributed by atoms with E-state index in [1.807, 2.05) is 38.1 Å². The zero-order valence-corrected chi connectivity index (χ0v) is 20.5. The SMILES string of the molecule is Cc1ccc(C)c(/C=C/c2onc(C)c2S(=O)(=O)N2CCCC(C(=O)NC3CCCC3)C2)c1. The number of rotatable bonds is 6. The normalized spacial score (nSPS) is 20.5. The van der Waals surface area contributed by atoms with Crippen LogP contribution in [-0.2, 0) is 14.8 Å². The maximum atomic E-state index is 13.6. The van der Waals surface area contributed by atoms with Gasteiger partial charge in [-0.05, 0) is 63.7 Å². The van der Waals surface area contributed by atoms with Gasteiger partial charge in [0, 0.05) is 19.1 Å². The van der Waals surface area contributed by atoms with Gasteiger partial charge in [0.2, 0.25) is 15.9 Å². The van der Waals surface area contributed by atoms with E-state index in [0.29, 0.717) is 25.1 Å². The molecule has 1 saturated carbocycles. The summed E-state index contributed by atoms with van der Waals surface area (Å²) in [5.41, 5.74) is 3.53. The Morgan fingerprint density at radius 1 is 1.12 bits per heavy atom. The van der Waals surface area contributed by atoms with Crippen molar-refractivity contribution in [1.29, 1.82) is 0 Å². The highest BCUT2D eigenvalue weighted by Crippen LogP contribution is 2.30. The molecule has 7 nitrogen and oxygen atoms in total. The van der Waals surface area contributed by atoms with Crippen LogP contribution in [0, 0.1) is 26.7 Å². The number of aryl methyl sites for hydroxylation is 3. The number of piperidine rings is 1. The fourth-order valence-corrected chi connectivity index (χ4v) is 6.57. The van der Waals surface area contributed by atoms with Crippen LogP contribution < -0.4 is 5.32 Å². The molecule has 2 heterocycles. The highest BCUT2D eigenvalue weighted by Gasteiger charge is 2.37. The summed E-state index contributed by atoms with van der Waals surface area (Å²) in [6.45, 7) is 6.24. The van der Waals surface area contributed by atoms with Crippen molar-refractivity contribution < 1.29 is 17.7 Å². The molecule has 1 N–H and O–H groups in total. The zero-order valence-electron chi connectivity index (χ0n) is 19.6. The van der Waals surface area contributed by atoms with Crippen LogP contribution in [0.1, 0.15) is 66.7 Å². The summed E-state index contributed by atoms with van der Waals surface area (Å²) in [5.74, 6) is -0.145. The van der Waals surface area contributed by atoms with Crippen LogP contribution in [0.15, 0.2) is 27.6 Å². The number of carbonyl (C=O) groups excluding carboxylic acids is 1. The van der Waals surface area contributed by atoms with Gasteiger partial charge in [-0.1, -0.05) is 47.8 Å². The Morgan fingerprint density at radius 3 is 2.64 bits per heavy atom. The molecule has 1 amide bonds. The fraction of sp³-hybridized carbons (Fsp3) is 0.520. The largest absolute Gasteiger partial charge is 0.355 e. The van der Waals surface area contributed by atoms with Crippen molar-refractivity contribution in [2.75, 3.05) is 13.1 Å². The van der Waals surface area contributed by atoms with Crippen LogP contribution in [0.2, 0.25) is 0 Å². The monoisotopic (exact) mass is 471 g/mol. The number of carbonyl (C=O) groups is 1. The smallest absolute Gasteiger partial charge is 0.248 e. The molecule has 178 valence electrons. The molecular formula is C25H33N3O4S. The van der Waals surface area contributed by atoms with Gasteiger partial charge in [-0.2, -0.15) is 4.31 Å². The highest BCUT2D eigenvalue weighted by molar-refractivity contribution is 7.89. The van der Waals surface area contributed by atoms with Gasteiger partial charge >= 0.3 is 0 Å². The number of benzene rings is 1.